The van der Waals surface area contributed by atoms with Gasteiger partial charge >= 0.3 is 6.03 Å². The molecule has 5 rings (SSSR count). The number of ketones is 1. The van der Waals surface area contributed by atoms with E-state index in [2.05, 4.69) is 31.2 Å². The van der Waals surface area contributed by atoms with E-state index in [-0.39, 0.29) is 29.8 Å². The highest BCUT2D eigenvalue weighted by Gasteiger charge is 2.52. The van der Waals surface area contributed by atoms with E-state index in [1.165, 1.54) is 5.56 Å². The van der Waals surface area contributed by atoms with E-state index in [4.69, 9.17) is 0 Å². The number of para-hydroxylation sites is 1. The number of benzene rings is 3. The second-order valence-corrected chi connectivity index (χ2v) is 8.91. The third kappa shape index (κ3) is 3.70. The Labute approximate surface area is 189 Å². The fraction of sp³-hybridized carbons (Fsp3) is 0.286. The first-order valence-corrected chi connectivity index (χ1v) is 11.4. The van der Waals surface area contributed by atoms with Crippen LogP contribution in [-0.2, 0) is 11.3 Å². The Bertz CT molecular complexity index is 1100. The first-order valence-electron chi connectivity index (χ1n) is 11.4. The summed E-state index contributed by atoms with van der Waals surface area (Å²) in [4.78, 5) is 30.8. The van der Waals surface area contributed by atoms with Gasteiger partial charge in [0.25, 0.3) is 0 Å². The van der Waals surface area contributed by atoms with Crippen LogP contribution in [0.15, 0.2) is 84.9 Å². The average Bonchev–Trinajstić information content (AvgIpc) is 3.36. The number of rotatable bonds is 5. The molecular weight excluding hydrogens is 396 g/mol. The maximum atomic E-state index is 14.0. The molecule has 3 aromatic carbocycles. The van der Waals surface area contributed by atoms with E-state index in [0.717, 1.165) is 29.7 Å². The van der Waals surface area contributed by atoms with Crippen molar-refractivity contribution in [3.8, 4) is 0 Å². The van der Waals surface area contributed by atoms with E-state index in [1.807, 2.05) is 70.5 Å². The van der Waals surface area contributed by atoms with Gasteiger partial charge in [-0.25, -0.2) is 4.79 Å². The summed E-state index contributed by atoms with van der Waals surface area (Å²) in [6.45, 7) is 2.57. The third-order valence-electron chi connectivity index (χ3n) is 6.83. The fourth-order valence-corrected chi connectivity index (χ4v) is 5.27. The van der Waals surface area contributed by atoms with Crippen molar-refractivity contribution in [1.82, 2.24) is 4.90 Å². The van der Waals surface area contributed by atoms with Gasteiger partial charge in [-0.2, -0.15) is 0 Å². The number of Topliss-reactive ketones (excluding diaryl/α,β-unsaturated/α-hetero) is 1. The van der Waals surface area contributed by atoms with E-state index in [9.17, 15) is 9.59 Å². The lowest BCUT2D eigenvalue weighted by molar-refractivity contribution is -0.122. The van der Waals surface area contributed by atoms with Crippen molar-refractivity contribution < 1.29 is 9.59 Å². The van der Waals surface area contributed by atoms with Crippen molar-refractivity contribution in [2.24, 2.45) is 5.92 Å². The highest BCUT2D eigenvalue weighted by molar-refractivity contribution is 5.97. The number of carbonyl (C=O) groups is 2. The van der Waals surface area contributed by atoms with Crippen molar-refractivity contribution in [3.05, 3.63) is 102 Å². The molecule has 0 bridgehead atoms. The van der Waals surface area contributed by atoms with Gasteiger partial charge in [-0.15, -0.1) is 0 Å². The zero-order valence-electron chi connectivity index (χ0n) is 18.4. The largest absolute Gasteiger partial charge is 0.325 e. The zero-order chi connectivity index (χ0) is 22.1. The van der Waals surface area contributed by atoms with Crippen molar-refractivity contribution >= 4 is 17.5 Å². The highest BCUT2D eigenvalue weighted by atomic mass is 16.2. The monoisotopic (exact) mass is 424 g/mol. The van der Waals surface area contributed by atoms with Crippen LogP contribution in [0, 0.1) is 12.8 Å². The van der Waals surface area contributed by atoms with E-state index in [0.29, 0.717) is 13.0 Å². The smallest absolute Gasteiger partial charge is 0.314 e. The van der Waals surface area contributed by atoms with Gasteiger partial charge in [0.2, 0.25) is 0 Å². The Hall–Kier alpha value is -3.40. The molecule has 2 amide bonds. The maximum absolute atomic E-state index is 14.0. The third-order valence-corrected chi connectivity index (χ3v) is 6.83. The first kappa shape index (κ1) is 20.5. The van der Waals surface area contributed by atoms with Crippen molar-refractivity contribution in [3.63, 3.8) is 0 Å². The standard InChI is InChI=1S/C28H28N2O2/c1-20-15-17-22(18-16-20)26-27(24-13-8-14-25(24)31)29(19-21-9-4-2-5-10-21)28(32)30(26)23-11-6-3-7-12-23/h2-7,9-12,15-18,24,26-27H,8,13-14,19H2,1H3/t24?,26-,27-/m0/s1. The summed E-state index contributed by atoms with van der Waals surface area (Å²) >= 11 is 0. The minimum Gasteiger partial charge on any atom is -0.314 e. The summed E-state index contributed by atoms with van der Waals surface area (Å²) in [6, 6.07) is 27.9. The summed E-state index contributed by atoms with van der Waals surface area (Å²) in [6.07, 6.45) is 2.35. The number of hydrogen-bond donors (Lipinski definition) is 0. The molecule has 4 heteroatoms. The van der Waals surface area contributed by atoms with Gasteiger partial charge in [0, 0.05) is 24.6 Å². The van der Waals surface area contributed by atoms with Gasteiger partial charge in [-0.05, 0) is 43.0 Å². The summed E-state index contributed by atoms with van der Waals surface area (Å²) in [5.74, 6) is 0.149. The lowest BCUT2D eigenvalue weighted by Crippen LogP contribution is -2.41. The molecule has 3 aromatic rings. The molecule has 4 nitrogen and oxygen atoms in total. The van der Waals surface area contributed by atoms with Crippen LogP contribution in [0.2, 0.25) is 0 Å². The van der Waals surface area contributed by atoms with Crippen LogP contribution in [0.1, 0.15) is 42.0 Å². The number of urea groups is 1. The molecule has 1 saturated carbocycles. The molecule has 1 aliphatic carbocycles. The van der Waals surface area contributed by atoms with Crippen LogP contribution >= 0.6 is 0 Å². The van der Waals surface area contributed by atoms with Crippen LogP contribution in [0.5, 0.6) is 0 Å². The van der Waals surface area contributed by atoms with Crippen molar-refractivity contribution in [1.29, 1.82) is 0 Å². The first-order chi connectivity index (χ1) is 15.6. The number of amides is 2. The number of anilines is 1. The molecule has 0 spiro atoms. The average molecular weight is 425 g/mol. The van der Waals surface area contributed by atoms with Gasteiger partial charge in [0.1, 0.15) is 5.78 Å². The number of carbonyl (C=O) groups excluding carboxylic acids is 2. The Kier molecular flexibility index (Phi) is 5.52. The van der Waals surface area contributed by atoms with Crippen LogP contribution < -0.4 is 4.90 Å². The van der Waals surface area contributed by atoms with Gasteiger partial charge < -0.3 is 4.90 Å². The normalized spacial score (nSPS) is 23.2. The molecule has 32 heavy (non-hydrogen) atoms. The van der Waals surface area contributed by atoms with Crippen LogP contribution in [-0.4, -0.2) is 22.8 Å². The molecule has 2 fully saturated rings. The predicted octanol–water partition coefficient (Wildman–Crippen LogP) is 5.92. The Morgan fingerprint density at radius 1 is 0.844 bits per heavy atom. The molecular formula is C28H28N2O2. The van der Waals surface area contributed by atoms with Crippen molar-refractivity contribution in [2.45, 2.75) is 44.8 Å². The molecule has 0 N–H and O–H groups in total. The summed E-state index contributed by atoms with van der Waals surface area (Å²) in [5, 5.41) is 0. The molecule has 0 radical (unpaired) electrons. The Morgan fingerprint density at radius 2 is 1.50 bits per heavy atom. The molecule has 162 valence electrons. The molecule has 1 saturated heterocycles. The van der Waals surface area contributed by atoms with Gasteiger partial charge in [0.05, 0.1) is 12.1 Å². The summed E-state index contributed by atoms with van der Waals surface area (Å²) < 4.78 is 0. The van der Waals surface area contributed by atoms with Crippen LogP contribution in [0.25, 0.3) is 0 Å². The molecule has 3 atom stereocenters. The van der Waals surface area contributed by atoms with Crippen molar-refractivity contribution in [2.75, 3.05) is 4.90 Å². The maximum Gasteiger partial charge on any atom is 0.325 e. The van der Waals surface area contributed by atoms with E-state index in [1.54, 1.807) is 0 Å². The molecule has 1 unspecified atom stereocenters. The van der Waals surface area contributed by atoms with Crippen LogP contribution in [0.3, 0.4) is 0 Å². The van der Waals surface area contributed by atoms with Crippen LogP contribution in [0.4, 0.5) is 10.5 Å². The SMILES string of the molecule is Cc1ccc([C@H]2[C@H](C3CCCC3=O)N(Cc3ccccc3)C(=O)N2c2ccccc2)cc1. The predicted molar refractivity (Wildman–Crippen MR) is 126 cm³/mol. The number of aryl methyl sites for hydroxylation is 1. The lowest BCUT2D eigenvalue weighted by Gasteiger charge is -2.32. The van der Waals surface area contributed by atoms with Gasteiger partial charge in [-0.3, -0.25) is 9.69 Å². The quantitative estimate of drug-likeness (QED) is 0.510. The fourth-order valence-electron chi connectivity index (χ4n) is 5.27. The number of nitrogens with zero attached hydrogens (tertiary/aromatic N) is 2. The second-order valence-electron chi connectivity index (χ2n) is 8.91. The summed E-state index contributed by atoms with van der Waals surface area (Å²) in [5.41, 5.74) is 4.20. The Morgan fingerprint density at radius 3 is 2.12 bits per heavy atom. The Balaban J connectivity index is 1.64. The second kappa shape index (κ2) is 8.62. The molecule has 1 aliphatic heterocycles. The van der Waals surface area contributed by atoms with Gasteiger partial charge in [0.15, 0.2) is 0 Å². The topological polar surface area (TPSA) is 40.6 Å². The van der Waals surface area contributed by atoms with E-state index < -0.39 is 0 Å². The lowest BCUT2D eigenvalue weighted by atomic mass is 9.86. The zero-order valence-corrected chi connectivity index (χ0v) is 18.4. The highest BCUT2D eigenvalue weighted by Crippen LogP contribution is 2.45. The minimum atomic E-state index is -0.207. The minimum absolute atomic E-state index is 0.0321. The number of hydrogen-bond acceptors (Lipinski definition) is 2. The molecule has 2 aliphatic rings. The summed E-state index contributed by atoms with van der Waals surface area (Å²) in [7, 11) is 0. The van der Waals surface area contributed by atoms with E-state index >= 15 is 0 Å². The van der Waals surface area contributed by atoms with Gasteiger partial charge in [-0.1, -0.05) is 78.4 Å². The molecule has 0 aromatic heterocycles. The molecule has 1 heterocycles.